The van der Waals surface area contributed by atoms with Crippen LogP contribution in [-0.2, 0) is 26.1 Å². The van der Waals surface area contributed by atoms with Gasteiger partial charge in [0.15, 0.2) is 0 Å². The molecule has 2 nitrogen and oxygen atoms in total. The number of fused-ring (bicyclic) bond motifs is 1. The number of benzene rings is 2. The molecule has 0 atom stereocenters. The van der Waals surface area contributed by atoms with Crippen LogP contribution in [0.2, 0.25) is 0 Å². The van der Waals surface area contributed by atoms with Gasteiger partial charge in [-0.15, -0.1) is 0 Å². The third-order valence-electron chi connectivity index (χ3n) is 4.47. The first-order valence-corrected chi connectivity index (χ1v) is 7.84. The number of nitrogens with zero attached hydrogens (tertiary/aromatic N) is 1. The van der Waals surface area contributed by atoms with Crippen molar-refractivity contribution in [2.75, 3.05) is 6.54 Å². The van der Waals surface area contributed by atoms with Crippen LogP contribution in [0.5, 0.6) is 0 Å². The summed E-state index contributed by atoms with van der Waals surface area (Å²) >= 11 is 0. The summed E-state index contributed by atoms with van der Waals surface area (Å²) in [7, 11) is 0. The third kappa shape index (κ3) is 3.34. The summed E-state index contributed by atoms with van der Waals surface area (Å²) in [5.74, 6) is 0. The Bertz CT molecular complexity index is 619. The Balaban J connectivity index is 1.76. The highest BCUT2D eigenvalue weighted by molar-refractivity contribution is 5.32. The molecule has 1 heterocycles. The molecule has 2 aromatic rings. The molecule has 3 rings (SSSR count). The molecule has 0 bridgehead atoms. The van der Waals surface area contributed by atoms with Crippen molar-refractivity contribution in [2.45, 2.75) is 39.4 Å². The predicted molar refractivity (Wildman–Crippen MR) is 87.9 cm³/mol. The second-order valence-corrected chi connectivity index (χ2v) is 6.05. The monoisotopic (exact) mass is 280 g/mol. The van der Waals surface area contributed by atoms with Crippen molar-refractivity contribution in [2.24, 2.45) is 5.73 Å². The smallest absolute Gasteiger partial charge is 0.0240 e. The van der Waals surface area contributed by atoms with Crippen LogP contribution in [0, 0.1) is 6.92 Å². The van der Waals surface area contributed by atoms with Gasteiger partial charge in [-0.2, -0.15) is 0 Å². The average Bonchev–Trinajstić information content (AvgIpc) is 2.71. The van der Waals surface area contributed by atoms with Crippen LogP contribution in [0.25, 0.3) is 0 Å². The third-order valence-corrected chi connectivity index (χ3v) is 4.47. The minimum absolute atomic E-state index is 0.623. The lowest BCUT2D eigenvalue weighted by Crippen LogP contribution is -2.23. The van der Waals surface area contributed by atoms with E-state index in [9.17, 15) is 0 Å². The van der Waals surface area contributed by atoms with Gasteiger partial charge in [-0.25, -0.2) is 0 Å². The molecule has 0 amide bonds. The second kappa shape index (κ2) is 6.42. The number of nitrogens with two attached hydrogens (primary N) is 1. The Kier molecular flexibility index (Phi) is 4.37. The van der Waals surface area contributed by atoms with Crippen molar-refractivity contribution in [3.05, 3.63) is 70.3 Å². The molecule has 0 aromatic heterocycles. The largest absolute Gasteiger partial charge is 0.326 e. The van der Waals surface area contributed by atoms with Crippen molar-refractivity contribution in [1.82, 2.24) is 4.90 Å². The molecule has 0 spiro atoms. The molecule has 2 aromatic carbocycles. The normalized spacial score (nSPS) is 15.5. The highest BCUT2D eigenvalue weighted by atomic mass is 15.1. The maximum Gasteiger partial charge on any atom is 0.0240 e. The van der Waals surface area contributed by atoms with Crippen molar-refractivity contribution in [3.8, 4) is 0 Å². The van der Waals surface area contributed by atoms with E-state index in [-0.39, 0.29) is 0 Å². The number of hydrogen-bond acceptors (Lipinski definition) is 2. The molecule has 0 radical (unpaired) electrons. The lowest BCUT2D eigenvalue weighted by atomic mass is 10.0. The molecule has 0 saturated heterocycles. The average molecular weight is 280 g/mol. The van der Waals surface area contributed by atoms with Gasteiger partial charge in [0.1, 0.15) is 0 Å². The van der Waals surface area contributed by atoms with Crippen molar-refractivity contribution in [3.63, 3.8) is 0 Å². The molecule has 0 saturated carbocycles. The SMILES string of the molecule is Cc1cc(CN)ccc1CN1CCCc2ccccc2C1. The Morgan fingerprint density at radius 1 is 1.10 bits per heavy atom. The molecule has 1 aliphatic heterocycles. The molecule has 21 heavy (non-hydrogen) atoms. The lowest BCUT2D eigenvalue weighted by molar-refractivity contribution is 0.260. The van der Waals surface area contributed by atoms with Crippen LogP contribution in [0.3, 0.4) is 0 Å². The van der Waals surface area contributed by atoms with E-state index in [1.807, 2.05) is 0 Å². The van der Waals surface area contributed by atoms with Gasteiger partial charge in [0.2, 0.25) is 0 Å². The molecule has 0 aliphatic carbocycles. The van der Waals surface area contributed by atoms with E-state index in [1.165, 1.54) is 47.2 Å². The summed E-state index contributed by atoms with van der Waals surface area (Å²) in [4.78, 5) is 2.57. The van der Waals surface area contributed by atoms with E-state index in [4.69, 9.17) is 5.73 Å². The zero-order valence-electron chi connectivity index (χ0n) is 12.8. The van der Waals surface area contributed by atoms with Crippen LogP contribution >= 0.6 is 0 Å². The fraction of sp³-hybridized carbons (Fsp3) is 0.368. The quantitative estimate of drug-likeness (QED) is 0.933. The fourth-order valence-electron chi connectivity index (χ4n) is 3.21. The number of hydrogen-bond donors (Lipinski definition) is 1. The van der Waals surface area contributed by atoms with Crippen LogP contribution in [0.1, 0.15) is 34.2 Å². The maximum absolute atomic E-state index is 5.72. The molecule has 1 aliphatic rings. The second-order valence-electron chi connectivity index (χ2n) is 6.05. The first-order valence-electron chi connectivity index (χ1n) is 7.84. The van der Waals surface area contributed by atoms with Gasteiger partial charge >= 0.3 is 0 Å². The van der Waals surface area contributed by atoms with E-state index < -0.39 is 0 Å². The molecule has 0 fully saturated rings. The van der Waals surface area contributed by atoms with Crippen molar-refractivity contribution < 1.29 is 0 Å². The zero-order valence-corrected chi connectivity index (χ0v) is 12.8. The van der Waals surface area contributed by atoms with E-state index in [1.54, 1.807) is 0 Å². The van der Waals surface area contributed by atoms with Crippen molar-refractivity contribution in [1.29, 1.82) is 0 Å². The van der Waals surface area contributed by atoms with Crippen LogP contribution in [0.4, 0.5) is 0 Å². The summed E-state index contributed by atoms with van der Waals surface area (Å²) < 4.78 is 0. The zero-order chi connectivity index (χ0) is 14.7. The summed E-state index contributed by atoms with van der Waals surface area (Å²) in [6, 6.07) is 15.5. The Morgan fingerprint density at radius 2 is 1.90 bits per heavy atom. The van der Waals surface area contributed by atoms with Crippen LogP contribution in [0.15, 0.2) is 42.5 Å². The lowest BCUT2D eigenvalue weighted by Gasteiger charge is -2.22. The van der Waals surface area contributed by atoms with Crippen molar-refractivity contribution >= 4 is 0 Å². The molecule has 110 valence electrons. The summed E-state index contributed by atoms with van der Waals surface area (Å²) in [5.41, 5.74) is 12.7. The standard InChI is InChI=1S/C19H24N2/c1-15-11-16(12-20)8-9-18(15)13-21-10-4-7-17-5-2-3-6-19(17)14-21/h2-3,5-6,8-9,11H,4,7,10,12-14,20H2,1H3. The summed E-state index contributed by atoms with van der Waals surface area (Å²) in [6.07, 6.45) is 2.45. The van der Waals surface area contributed by atoms with Crippen LogP contribution < -0.4 is 5.73 Å². The minimum Gasteiger partial charge on any atom is -0.326 e. The number of aryl methyl sites for hydroxylation is 2. The fourth-order valence-corrected chi connectivity index (χ4v) is 3.21. The first-order chi connectivity index (χ1) is 10.3. The van der Waals surface area contributed by atoms with Gasteiger partial charge in [0.05, 0.1) is 0 Å². The van der Waals surface area contributed by atoms with Gasteiger partial charge in [0.25, 0.3) is 0 Å². The van der Waals surface area contributed by atoms with Gasteiger partial charge in [0, 0.05) is 19.6 Å². The van der Waals surface area contributed by atoms with E-state index >= 15 is 0 Å². The summed E-state index contributed by atoms with van der Waals surface area (Å²) in [6.45, 7) is 6.09. The molecule has 2 N–H and O–H groups in total. The van der Waals surface area contributed by atoms with Gasteiger partial charge in [-0.3, -0.25) is 4.90 Å². The Labute approximate surface area is 127 Å². The Morgan fingerprint density at radius 3 is 2.67 bits per heavy atom. The molecular formula is C19H24N2. The van der Waals surface area contributed by atoms with Gasteiger partial charge in [-0.05, 0) is 54.1 Å². The van der Waals surface area contributed by atoms with Gasteiger partial charge < -0.3 is 5.73 Å². The molecule has 0 unspecified atom stereocenters. The van der Waals surface area contributed by atoms with E-state index in [0.29, 0.717) is 6.54 Å². The minimum atomic E-state index is 0.623. The maximum atomic E-state index is 5.72. The first kappa shape index (κ1) is 14.3. The van der Waals surface area contributed by atoms with Gasteiger partial charge in [-0.1, -0.05) is 42.5 Å². The van der Waals surface area contributed by atoms with Crippen LogP contribution in [-0.4, -0.2) is 11.4 Å². The predicted octanol–water partition coefficient (Wildman–Crippen LogP) is 3.40. The van der Waals surface area contributed by atoms with E-state index in [0.717, 1.165) is 13.1 Å². The highest BCUT2D eigenvalue weighted by Gasteiger charge is 2.14. The highest BCUT2D eigenvalue weighted by Crippen LogP contribution is 2.21. The molecular weight excluding hydrogens is 256 g/mol. The summed E-state index contributed by atoms with van der Waals surface area (Å²) in [5, 5.41) is 0. The molecule has 2 heteroatoms. The number of rotatable bonds is 3. The van der Waals surface area contributed by atoms with E-state index in [2.05, 4.69) is 54.3 Å². The topological polar surface area (TPSA) is 29.3 Å². The Hall–Kier alpha value is -1.64.